The number of benzene rings is 3. The van der Waals surface area contributed by atoms with Crippen LogP contribution in [0.15, 0.2) is 72.8 Å². The summed E-state index contributed by atoms with van der Waals surface area (Å²) >= 11 is 0. The molecule has 0 saturated heterocycles. The highest BCUT2D eigenvalue weighted by Gasteiger charge is 2.31. The van der Waals surface area contributed by atoms with E-state index in [0.29, 0.717) is 11.5 Å². The van der Waals surface area contributed by atoms with Gasteiger partial charge in [0.1, 0.15) is 0 Å². The molecule has 3 aromatic carbocycles. The summed E-state index contributed by atoms with van der Waals surface area (Å²) in [5, 5.41) is 2.61. The highest BCUT2D eigenvalue weighted by atomic mass is 19.4. The van der Waals surface area contributed by atoms with Crippen LogP contribution in [0.25, 0.3) is 0 Å². The highest BCUT2D eigenvalue weighted by Crippen LogP contribution is 2.34. The third-order valence-corrected chi connectivity index (χ3v) is 5.24. The van der Waals surface area contributed by atoms with E-state index in [-0.39, 0.29) is 25.1 Å². The predicted octanol–water partition coefficient (Wildman–Crippen LogP) is 6.23. The number of nitrogens with one attached hydrogen (secondary N) is 1. The molecule has 1 heterocycles. The molecule has 1 unspecified atom stereocenters. The smallest absolute Gasteiger partial charge is 0.416 e. The summed E-state index contributed by atoms with van der Waals surface area (Å²) in [6.45, 7) is 2.23. The van der Waals surface area contributed by atoms with Crippen molar-refractivity contribution in [2.24, 2.45) is 0 Å². The topological polar surface area (TPSA) is 50.8 Å². The van der Waals surface area contributed by atoms with E-state index >= 15 is 0 Å². The number of alkyl halides is 3. The van der Waals surface area contributed by atoms with Gasteiger partial charge in [-0.15, -0.1) is 0 Å². The van der Waals surface area contributed by atoms with E-state index in [2.05, 4.69) is 5.32 Å². The molecule has 1 aliphatic rings. The summed E-state index contributed by atoms with van der Waals surface area (Å²) in [6, 6.07) is 18.5. The van der Waals surface area contributed by atoms with Crippen LogP contribution in [-0.2, 0) is 12.7 Å². The summed E-state index contributed by atoms with van der Waals surface area (Å²) in [5.41, 5.74) is 0.943. The number of rotatable bonds is 5. The van der Waals surface area contributed by atoms with E-state index in [1.54, 1.807) is 17.0 Å². The second-order valence-corrected chi connectivity index (χ2v) is 7.41. The van der Waals surface area contributed by atoms with E-state index in [0.717, 1.165) is 23.3 Å². The number of hydrogen-bond donors (Lipinski definition) is 1. The van der Waals surface area contributed by atoms with Crippen LogP contribution in [0.5, 0.6) is 11.5 Å². The van der Waals surface area contributed by atoms with E-state index in [4.69, 9.17) is 9.47 Å². The Bertz CT molecular complexity index is 1100. The zero-order chi connectivity index (χ0) is 22.7. The molecule has 5 nitrogen and oxygen atoms in total. The van der Waals surface area contributed by atoms with Gasteiger partial charge >= 0.3 is 12.2 Å². The molecule has 0 saturated carbocycles. The zero-order valence-electron chi connectivity index (χ0n) is 17.2. The Morgan fingerprint density at radius 3 is 2.50 bits per heavy atom. The fourth-order valence-electron chi connectivity index (χ4n) is 3.50. The van der Waals surface area contributed by atoms with Gasteiger partial charge in [0.15, 0.2) is 11.5 Å². The summed E-state index contributed by atoms with van der Waals surface area (Å²) in [7, 11) is 0. The molecule has 2 amide bonds. The largest absolute Gasteiger partial charge is 0.454 e. The van der Waals surface area contributed by atoms with Gasteiger partial charge in [-0.2, -0.15) is 13.2 Å². The first-order chi connectivity index (χ1) is 15.3. The monoisotopic (exact) mass is 442 g/mol. The van der Waals surface area contributed by atoms with Crippen molar-refractivity contribution in [2.75, 3.05) is 12.1 Å². The molecular weight excluding hydrogens is 421 g/mol. The summed E-state index contributed by atoms with van der Waals surface area (Å²) in [4.78, 5) is 14.8. The van der Waals surface area contributed by atoms with Gasteiger partial charge in [0, 0.05) is 12.2 Å². The average Bonchev–Trinajstić information content (AvgIpc) is 3.25. The first-order valence-electron chi connectivity index (χ1n) is 9.99. The van der Waals surface area contributed by atoms with Gasteiger partial charge in [0.2, 0.25) is 6.79 Å². The molecule has 0 bridgehead atoms. The number of urea groups is 1. The molecule has 8 heteroatoms. The fraction of sp³-hybridized carbons (Fsp3) is 0.208. The summed E-state index contributed by atoms with van der Waals surface area (Å²) < 4.78 is 49.9. The van der Waals surface area contributed by atoms with E-state index in [1.165, 1.54) is 12.1 Å². The Morgan fingerprint density at radius 2 is 1.75 bits per heavy atom. The van der Waals surface area contributed by atoms with Crippen LogP contribution in [0.3, 0.4) is 0 Å². The van der Waals surface area contributed by atoms with Crippen LogP contribution >= 0.6 is 0 Å². The number of halogens is 3. The second kappa shape index (κ2) is 8.82. The van der Waals surface area contributed by atoms with Crippen molar-refractivity contribution in [1.29, 1.82) is 0 Å². The maximum absolute atomic E-state index is 13.2. The molecule has 0 spiro atoms. The first kappa shape index (κ1) is 21.5. The maximum Gasteiger partial charge on any atom is 0.416 e. The number of anilines is 1. The number of nitrogens with zero attached hydrogens (tertiary/aromatic N) is 1. The second-order valence-electron chi connectivity index (χ2n) is 7.41. The highest BCUT2D eigenvalue weighted by molar-refractivity contribution is 5.89. The number of hydrogen-bond acceptors (Lipinski definition) is 3. The van der Waals surface area contributed by atoms with Crippen molar-refractivity contribution in [2.45, 2.75) is 25.7 Å². The number of carbonyl (C=O) groups excluding carboxylic acids is 1. The summed E-state index contributed by atoms with van der Waals surface area (Å²) in [6.07, 6.45) is -4.50. The average molecular weight is 442 g/mol. The molecule has 3 aromatic rings. The van der Waals surface area contributed by atoms with Crippen LogP contribution in [-0.4, -0.2) is 17.7 Å². The van der Waals surface area contributed by atoms with Gasteiger partial charge in [-0.3, -0.25) is 0 Å². The minimum absolute atomic E-state index is 0.0702. The Morgan fingerprint density at radius 1 is 1.00 bits per heavy atom. The van der Waals surface area contributed by atoms with Crippen LogP contribution in [0.2, 0.25) is 0 Å². The Kier molecular flexibility index (Phi) is 5.94. The van der Waals surface area contributed by atoms with Gasteiger partial charge in [0.05, 0.1) is 11.6 Å². The lowest BCUT2D eigenvalue weighted by Gasteiger charge is -2.30. The third-order valence-electron chi connectivity index (χ3n) is 5.24. The standard InChI is InChI=1S/C24H21F3N2O3/c1-16(18-6-3-2-4-7-18)29(14-17-10-11-21-22(12-17)32-15-31-21)23(30)28-20-9-5-8-19(13-20)24(25,26)27/h2-13,16H,14-15H2,1H3,(H,28,30). The van der Waals surface area contributed by atoms with Crippen molar-refractivity contribution in [3.05, 3.63) is 89.5 Å². The maximum atomic E-state index is 13.2. The van der Waals surface area contributed by atoms with Crippen molar-refractivity contribution < 1.29 is 27.4 Å². The fourth-order valence-corrected chi connectivity index (χ4v) is 3.50. The van der Waals surface area contributed by atoms with Crippen LogP contribution in [0.4, 0.5) is 23.7 Å². The molecule has 1 N–H and O–H groups in total. The van der Waals surface area contributed by atoms with Crippen LogP contribution in [0, 0.1) is 0 Å². The number of carbonyl (C=O) groups is 1. The van der Waals surface area contributed by atoms with Gasteiger partial charge in [-0.05, 0) is 48.4 Å². The first-order valence-corrected chi connectivity index (χ1v) is 9.99. The van der Waals surface area contributed by atoms with Gasteiger partial charge in [0.25, 0.3) is 0 Å². The van der Waals surface area contributed by atoms with E-state index < -0.39 is 17.8 Å². The Labute approximate surface area is 183 Å². The number of amides is 2. The molecule has 0 radical (unpaired) electrons. The molecular formula is C24H21F3N2O3. The number of ether oxygens (including phenoxy) is 2. The SMILES string of the molecule is CC(c1ccccc1)N(Cc1ccc2c(c1)OCO2)C(=O)Nc1cccc(C(F)(F)F)c1. The molecule has 32 heavy (non-hydrogen) atoms. The van der Waals surface area contributed by atoms with Gasteiger partial charge in [-0.1, -0.05) is 42.5 Å². The third kappa shape index (κ3) is 4.80. The van der Waals surface area contributed by atoms with Gasteiger partial charge < -0.3 is 19.7 Å². The van der Waals surface area contributed by atoms with Crippen molar-refractivity contribution in [3.8, 4) is 11.5 Å². The molecule has 0 fully saturated rings. The van der Waals surface area contributed by atoms with E-state index in [1.807, 2.05) is 43.3 Å². The Balaban J connectivity index is 1.60. The van der Waals surface area contributed by atoms with E-state index in [9.17, 15) is 18.0 Å². The quantitative estimate of drug-likeness (QED) is 0.510. The molecule has 0 aromatic heterocycles. The summed E-state index contributed by atoms with van der Waals surface area (Å²) in [5.74, 6) is 1.22. The zero-order valence-corrected chi connectivity index (χ0v) is 17.2. The molecule has 4 rings (SSSR count). The number of fused-ring (bicyclic) bond motifs is 1. The van der Waals surface area contributed by atoms with Crippen molar-refractivity contribution in [1.82, 2.24) is 4.90 Å². The van der Waals surface area contributed by atoms with Crippen LogP contribution in [0.1, 0.15) is 29.7 Å². The lowest BCUT2D eigenvalue weighted by molar-refractivity contribution is -0.137. The lowest BCUT2D eigenvalue weighted by atomic mass is 10.1. The minimum atomic E-state index is -4.50. The minimum Gasteiger partial charge on any atom is -0.454 e. The van der Waals surface area contributed by atoms with Crippen molar-refractivity contribution >= 4 is 11.7 Å². The lowest BCUT2D eigenvalue weighted by Crippen LogP contribution is -2.36. The molecule has 166 valence electrons. The normalized spacial score (nSPS) is 13.5. The molecule has 0 aliphatic carbocycles. The predicted molar refractivity (Wildman–Crippen MR) is 113 cm³/mol. The van der Waals surface area contributed by atoms with Crippen molar-refractivity contribution in [3.63, 3.8) is 0 Å². The molecule has 1 atom stereocenters. The van der Waals surface area contributed by atoms with Crippen LogP contribution < -0.4 is 14.8 Å². The Hall–Kier alpha value is -3.68. The van der Waals surface area contributed by atoms with Gasteiger partial charge in [-0.25, -0.2) is 4.79 Å². The molecule has 1 aliphatic heterocycles.